The van der Waals surface area contributed by atoms with E-state index in [-0.39, 0.29) is 17.8 Å². The van der Waals surface area contributed by atoms with Crippen LogP contribution in [0, 0.1) is 12.8 Å². The van der Waals surface area contributed by atoms with Crippen LogP contribution >= 0.6 is 11.6 Å². The molecule has 2 aliphatic rings. The Hall–Kier alpha value is -2.39. The molecule has 0 unspecified atom stereocenters. The molecule has 0 radical (unpaired) electrons. The van der Waals surface area contributed by atoms with Crippen molar-refractivity contribution in [2.45, 2.75) is 44.8 Å². The van der Waals surface area contributed by atoms with E-state index in [9.17, 15) is 13.2 Å². The molecule has 3 aromatic rings. The maximum absolute atomic E-state index is 13.4. The van der Waals surface area contributed by atoms with Crippen LogP contribution in [-0.2, 0) is 17.3 Å². The largest absolute Gasteiger partial charge is 0.451 e. The molecule has 1 N–H and O–H groups in total. The maximum atomic E-state index is 13.4. The van der Waals surface area contributed by atoms with Crippen LogP contribution in [0.3, 0.4) is 0 Å². The summed E-state index contributed by atoms with van der Waals surface area (Å²) in [5.74, 6) is -0.735. The predicted octanol–water partition coefficient (Wildman–Crippen LogP) is 5.25. The van der Waals surface area contributed by atoms with E-state index in [2.05, 4.69) is 19.9 Å². The summed E-state index contributed by atoms with van der Waals surface area (Å²) < 4.78 is 45.9. The number of anilines is 1. The molecule has 2 aromatic heterocycles. The molecule has 4 heterocycles. The van der Waals surface area contributed by atoms with Gasteiger partial charge in [0.25, 0.3) is 0 Å². The summed E-state index contributed by atoms with van der Waals surface area (Å²) in [5, 5.41) is 1.71. The molecule has 1 aromatic carbocycles. The minimum absolute atomic E-state index is 0.0521. The summed E-state index contributed by atoms with van der Waals surface area (Å²) in [5.41, 5.74) is 3.11. The zero-order valence-electron chi connectivity index (χ0n) is 17.5. The first-order valence-electron chi connectivity index (χ1n) is 10.7. The van der Waals surface area contributed by atoms with Gasteiger partial charge in [0, 0.05) is 41.4 Å². The molecule has 10 heteroatoms. The van der Waals surface area contributed by atoms with Crippen LogP contribution in [0.15, 0.2) is 18.2 Å². The quantitative estimate of drug-likeness (QED) is 0.572. The highest BCUT2D eigenvalue weighted by Crippen LogP contribution is 2.41. The Morgan fingerprint density at radius 3 is 2.84 bits per heavy atom. The molecular weight excluding hydrogens is 443 g/mol. The number of benzene rings is 1. The van der Waals surface area contributed by atoms with E-state index < -0.39 is 12.0 Å². The van der Waals surface area contributed by atoms with Gasteiger partial charge in [0.05, 0.1) is 6.04 Å². The number of hydrogen-bond acceptors (Lipinski definition) is 5. The van der Waals surface area contributed by atoms with Crippen LogP contribution in [0.2, 0.25) is 5.02 Å². The molecule has 0 saturated carbocycles. The topological polar surface area (TPSA) is 66.9 Å². The maximum Gasteiger partial charge on any atom is 0.451 e. The van der Waals surface area contributed by atoms with E-state index in [0.29, 0.717) is 30.5 Å². The Morgan fingerprint density at radius 1 is 1.25 bits per heavy atom. The highest BCUT2D eigenvalue weighted by molar-refractivity contribution is 6.31. The summed E-state index contributed by atoms with van der Waals surface area (Å²) in [6, 6.07) is 5.52. The number of rotatable bonds is 3. The standard InChI is InChI=1S/C22H23ClF3N5O/c1-12-27-20(22(24,25)26)30-21(28-12)31-7-6-15-16-10-14(23)4-5-17(16)29-19(15)18(31)9-13-3-2-8-32-11-13/h4-5,10,13,18,29H,2-3,6-9,11H2,1H3/t13-,18-/m0/s1. The molecule has 0 bridgehead atoms. The summed E-state index contributed by atoms with van der Waals surface area (Å²) in [6.07, 6.45) is -1.24. The van der Waals surface area contributed by atoms with E-state index >= 15 is 0 Å². The van der Waals surface area contributed by atoms with Crippen molar-refractivity contribution in [2.75, 3.05) is 24.7 Å². The lowest BCUT2D eigenvalue weighted by molar-refractivity contribution is -0.145. The lowest BCUT2D eigenvalue weighted by Crippen LogP contribution is -2.39. The monoisotopic (exact) mass is 465 g/mol. The molecular formula is C22H23ClF3N5O. The molecule has 1 fully saturated rings. The minimum atomic E-state index is -4.63. The molecule has 6 nitrogen and oxygen atoms in total. The first-order chi connectivity index (χ1) is 15.3. The number of aromatic amines is 1. The van der Waals surface area contributed by atoms with Crippen molar-refractivity contribution in [3.63, 3.8) is 0 Å². The number of nitrogens with zero attached hydrogens (tertiary/aromatic N) is 4. The van der Waals surface area contributed by atoms with Crippen molar-refractivity contribution in [1.29, 1.82) is 0 Å². The Morgan fingerprint density at radius 2 is 2.09 bits per heavy atom. The van der Waals surface area contributed by atoms with Crippen LogP contribution in [0.1, 0.15) is 48.2 Å². The van der Waals surface area contributed by atoms with Crippen LogP contribution < -0.4 is 4.90 Å². The summed E-state index contributed by atoms with van der Waals surface area (Å²) >= 11 is 6.24. The number of fused-ring (bicyclic) bond motifs is 3. The molecule has 170 valence electrons. The van der Waals surface area contributed by atoms with Gasteiger partial charge in [-0.15, -0.1) is 0 Å². The van der Waals surface area contributed by atoms with Crippen LogP contribution in [0.5, 0.6) is 0 Å². The number of aromatic nitrogens is 4. The van der Waals surface area contributed by atoms with Gasteiger partial charge in [-0.2, -0.15) is 23.1 Å². The fourth-order valence-electron chi connectivity index (χ4n) is 4.85. The van der Waals surface area contributed by atoms with Gasteiger partial charge >= 0.3 is 6.18 Å². The minimum Gasteiger partial charge on any atom is -0.381 e. The molecule has 2 aliphatic heterocycles. The van der Waals surface area contributed by atoms with Gasteiger partial charge in [0.1, 0.15) is 5.82 Å². The highest BCUT2D eigenvalue weighted by atomic mass is 35.5. The lowest BCUT2D eigenvalue weighted by Gasteiger charge is -2.38. The van der Waals surface area contributed by atoms with Crippen molar-refractivity contribution in [3.05, 3.63) is 46.1 Å². The zero-order valence-corrected chi connectivity index (χ0v) is 18.3. The van der Waals surface area contributed by atoms with E-state index in [1.54, 1.807) is 0 Å². The molecule has 5 rings (SSSR count). The van der Waals surface area contributed by atoms with E-state index in [1.807, 2.05) is 23.1 Å². The first-order valence-corrected chi connectivity index (χ1v) is 11.1. The van der Waals surface area contributed by atoms with Gasteiger partial charge in [-0.25, -0.2) is 4.98 Å². The Bertz CT molecular complexity index is 1140. The molecule has 32 heavy (non-hydrogen) atoms. The van der Waals surface area contributed by atoms with Crippen molar-refractivity contribution in [3.8, 4) is 0 Å². The number of halogens is 4. The average molecular weight is 466 g/mol. The smallest absolute Gasteiger partial charge is 0.381 e. The SMILES string of the molecule is Cc1nc(N2CCc3c([nH]c4ccc(Cl)cc34)[C@@H]2C[C@@H]2CCCOC2)nc(C(F)(F)F)n1. The van der Waals surface area contributed by atoms with Crippen molar-refractivity contribution in [1.82, 2.24) is 19.9 Å². The number of nitrogens with one attached hydrogen (secondary N) is 1. The Balaban J connectivity index is 1.59. The summed E-state index contributed by atoms with van der Waals surface area (Å²) in [7, 11) is 0. The third kappa shape index (κ3) is 4.03. The zero-order chi connectivity index (χ0) is 22.5. The van der Waals surface area contributed by atoms with Crippen LogP contribution in [-0.4, -0.2) is 39.7 Å². The van der Waals surface area contributed by atoms with Crippen LogP contribution in [0.25, 0.3) is 10.9 Å². The second-order valence-corrected chi connectivity index (χ2v) is 8.93. The predicted molar refractivity (Wildman–Crippen MR) is 115 cm³/mol. The van der Waals surface area contributed by atoms with Crippen LogP contribution in [0.4, 0.5) is 19.1 Å². The normalized spacial score (nSPS) is 21.7. The molecule has 1 saturated heterocycles. The molecule has 0 aliphatic carbocycles. The van der Waals surface area contributed by atoms with Gasteiger partial charge in [0.2, 0.25) is 11.8 Å². The van der Waals surface area contributed by atoms with E-state index in [0.717, 1.165) is 48.0 Å². The number of ether oxygens (including phenoxy) is 1. The summed E-state index contributed by atoms with van der Waals surface area (Å²) in [4.78, 5) is 17.0. The Labute approximate surface area is 188 Å². The lowest BCUT2D eigenvalue weighted by atomic mass is 9.88. The highest BCUT2D eigenvalue weighted by Gasteiger charge is 2.38. The Kier molecular flexibility index (Phi) is 5.49. The van der Waals surface area contributed by atoms with Gasteiger partial charge < -0.3 is 14.6 Å². The second kappa shape index (κ2) is 8.19. The number of aryl methyl sites for hydroxylation is 1. The number of hydrogen-bond donors (Lipinski definition) is 1. The van der Waals surface area contributed by atoms with Gasteiger partial charge in [-0.05, 0) is 62.3 Å². The number of alkyl halides is 3. The molecule has 2 atom stereocenters. The molecule has 0 spiro atoms. The van der Waals surface area contributed by atoms with Gasteiger partial charge in [-0.1, -0.05) is 11.6 Å². The van der Waals surface area contributed by atoms with Gasteiger partial charge in [0.15, 0.2) is 0 Å². The third-order valence-electron chi connectivity index (χ3n) is 6.27. The van der Waals surface area contributed by atoms with Crippen molar-refractivity contribution < 1.29 is 17.9 Å². The fourth-order valence-corrected chi connectivity index (χ4v) is 5.03. The van der Waals surface area contributed by atoms with Gasteiger partial charge in [-0.3, -0.25) is 0 Å². The summed E-state index contributed by atoms with van der Waals surface area (Å²) in [6.45, 7) is 3.37. The third-order valence-corrected chi connectivity index (χ3v) is 6.51. The van der Waals surface area contributed by atoms with E-state index in [1.165, 1.54) is 6.92 Å². The van der Waals surface area contributed by atoms with E-state index in [4.69, 9.17) is 16.3 Å². The first kappa shape index (κ1) is 21.5. The molecule has 0 amide bonds. The number of H-pyrrole nitrogens is 1. The average Bonchev–Trinajstić information content (AvgIpc) is 3.12. The van der Waals surface area contributed by atoms with Crippen molar-refractivity contribution >= 4 is 28.5 Å². The van der Waals surface area contributed by atoms with Crippen molar-refractivity contribution in [2.24, 2.45) is 5.92 Å². The fraction of sp³-hybridized carbons (Fsp3) is 0.500. The second-order valence-electron chi connectivity index (χ2n) is 8.49.